The smallest absolute Gasteiger partial charge is 0.305 e. The summed E-state index contributed by atoms with van der Waals surface area (Å²) in [5, 5.41) is 28.8. The molecular formula is C22H29N3O6S. The van der Waals surface area contributed by atoms with E-state index in [-0.39, 0.29) is 18.3 Å². The molecule has 3 N–H and O–H groups in total. The summed E-state index contributed by atoms with van der Waals surface area (Å²) >= 11 is 0. The Balaban J connectivity index is 2.58. The van der Waals surface area contributed by atoms with Crippen LogP contribution in [0.15, 0.2) is 36.4 Å². The van der Waals surface area contributed by atoms with E-state index >= 15 is 0 Å². The maximum absolute atomic E-state index is 12.1. The number of benzene rings is 1. The Labute approximate surface area is 188 Å². The molecule has 0 amide bonds. The lowest BCUT2D eigenvalue weighted by Gasteiger charge is -2.20. The Morgan fingerprint density at radius 3 is 2.31 bits per heavy atom. The van der Waals surface area contributed by atoms with Gasteiger partial charge >= 0.3 is 5.97 Å². The molecule has 2 aromatic rings. The van der Waals surface area contributed by atoms with Gasteiger partial charge in [0.15, 0.2) is 0 Å². The summed E-state index contributed by atoms with van der Waals surface area (Å²) in [6.45, 7) is 3.82. The molecule has 0 saturated carbocycles. The third-order valence-corrected chi connectivity index (χ3v) is 5.90. The first kappa shape index (κ1) is 25.4. The van der Waals surface area contributed by atoms with Gasteiger partial charge in [-0.2, -0.15) is 0 Å². The molecule has 32 heavy (non-hydrogen) atoms. The Hall–Kier alpha value is -2.82. The van der Waals surface area contributed by atoms with Crippen LogP contribution in [-0.4, -0.2) is 65.2 Å². The van der Waals surface area contributed by atoms with E-state index in [1.807, 2.05) is 44.2 Å². The van der Waals surface area contributed by atoms with Gasteiger partial charge in [0.1, 0.15) is 0 Å². The molecule has 1 heterocycles. The Bertz CT molecular complexity index is 1070. The highest BCUT2D eigenvalue weighted by Crippen LogP contribution is 2.31. The highest BCUT2D eigenvalue weighted by Gasteiger charge is 2.22. The van der Waals surface area contributed by atoms with Gasteiger partial charge in [-0.05, 0) is 5.92 Å². The maximum atomic E-state index is 12.1. The number of aliphatic carboxylic acids is 1. The van der Waals surface area contributed by atoms with Crippen molar-refractivity contribution in [3.8, 4) is 11.3 Å². The minimum atomic E-state index is -3.58. The van der Waals surface area contributed by atoms with Crippen molar-refractivity contribution in [2.45, 2.75) is 44.8 Å². The summed E-state index contributed by atoms with van der Waals surface area (Å²) in [4.78, 5) is 19.7. The molecular weight excluding hydrogens is 434 g/mol. The molecule has 2 atom stereocenters. The van der Waals surface area contributed by atoms with Gasteiger partial charge in [0.25, 0.3) is 0 Å². The number of aromatic nitrogens is 2. The summed E-state index contributed by atoms with van der Waals surface area (Å²) < 4.78 is 25.2. The molecule has 0 radical (unpaired) electrons. The Morgan fingerprint density at radius 1 is 1.16 bits per heavy atom. The van der Waals surface area contributed by atoms with Crippen LogP contribution >= 0.6 is 0 Å². The van der Waals surface area contributed by atoms with Crippen LogP contribution in [0.4, 0.5) is 5.95 Å². The predicted octanol–water partition coefficient (Wildman–Crippen LogP) is 2.26. The zero-order chi connectivity index (χ0) is 24.1. The molecule has 9 nitrogen and oxygen atoms in total. The van der Waals surface area contributed by atoms with Crippen molar-refractivity contribution in [3.05, 3.63) is 47.7 Å². The van der Waals surface area contributed by atoms with Crippen molar-refractivity contribution in [2.24, 2.45) is 0 Å². The number of aliphatic hydroxyl groups is 2. The first-order chi connectivity index (χ1) is 14.9. The van der Waals surface area contributed by atoms with Crippen molar-refractivity contribution in [3.63, 3.8) is 0 Å². The van der Waals surface area contributed by atoms with E-state index in [0.29, 0.717) is 17.0 Å². The van der Waals surface area contributed by atoms with Gasteiger partial charge in [-0.25, -0.2) is 22.7 Å². The van der Waals surface area contributed by atoms with Crippen molar-refractivity contribution < 1.29 is 28.5 Å². The summed E-state index contributed by atoms with van der Waals surface area (Å²) in [6.07, 6.45) is 1.25. The molecule has 0 aliphatic carbocycles. The van der Waals surface area contributed by atoms with Gasteiger partial charge in [0, 0.05) is 24.6 Å². The zero-order valence-electron chi connectivity index (χ0n) is 18.5. The standard InChI is InChI=1S/C22H29N3O6S/c1-14(2)20-18(11-10-16(26)12-17(27)13-19(28)29)21(15-8-6-5-7-9-15)24-22(23-20)25(3)32(4,30)31/h5-11,14,16-17,26-27H,12-13H2,1-4H3,(H,28,29)/b11-10+/t16-,17-/m1/s1. The van der Waals surface area contributed by atoms with Crippen LogP contribution in [0.1, 0.15) is 43.9 Å². The number of anilines is 1. The summed E-state index contributed by atoms with van der Waals surface area (Å²) in [6, 6.07) is 9.18. The SMILES string of the molecule is CC(C)c1nc(N(C)S(C)(=O)=O)nc(-c2ccccc2)c1/C=C/[C@@H](O)C[C@@H](O)CC(=O)O. The number of carbonyl (C=O) groups is 1. The fraction of sp³-hybridized carbons (Fsp3) is 0.409. The van der Waals surface area contributed by atoms with E-state index in [1.54, 1.807) is 6.08 Å². The molecule has 0 saturated heterocycles. The lowest BCUT2D eigenvalue weighted by molar-refractivity contribution is -0.139. The van der Waals surface area contributed by atoms with Crippen LogP contribution in [0, 0.1) is 0 Å². The van der Waals surface area contributed by atoms with Gasteiger partial charge in [0.2, 0.25) is 16.0 Å². The van der Waals surface area contributed by atoms with Crippen molar-refractivity contribution in [1.29, 1.82) is 0 Å². The van der Waals surface area contributed by atoms with E-state index in [2.05, 4.69) is 9.97 Å². The molecule has 0 bridgehead atoms. The highest BCUT2D eigenvalue weighted by atomic mass is 32.2. The van der Waals surface area contributed by atoms with Gasteiger partial charge < -0.3 is 15.3 Å². The van der Waals surface area contributed by atoms with Crippen LogP contribution in [0.25, 0.3) is 17.3 Å². The molecule has 174 valence electrons. The van der Waals surface area contributed by atoms with Crippen molar-refractivity contribution in [2.75, 3.05) is 17.6 Å². The highest BCUT2D eigenvalue weighted by molar-refractivity contribution is 7.92. The Morgan fingerprint density at radius 2 is 1.78 bits per heavy atom. The van der Waals surface area contributed by atoms with Crippen molar-refractivity contribution >= 4 is 28.0 Å². The van der Waals surface area contributed by atoms with Gasteiger partial charge in [-0.1, -0.05) is 56.3 Å². The van der Waals surface area contributed by atoms with Crippen LogP contribution in [0.5, 0.6) is 0 Å². The lowest BCUT2D eigenvalue weighted by atomic mass is 9.97. The first-order valence-corrected chi connectivity index (χ1v) is 11.9. The molecule has 10 heteroatoms. The summed E-state index contributed by atoms with van der Waals surface area (Å²) in [5.74, 6) is -1.22. The number of rotatable bonds is 10. The number of aliphatic hydroxyl groups excluding tert-OH is 2. The fourth-order valence-corrected chi connectivity index (χ4v) is 3.41. The fourth-order valence-electron chi connectivity index (χ4n) is 3.03. The van der Waals surface area contributed by atoms with Gasteiger partial charge in [-0.15, -0.1) is 0 Å². The van der Waals surface area contributed by atoms with Crippen LogP contribution in [0.2, 0.25) is 0 Å². The van der Waals surface area contributed by atoms with E-state index in [9.17, 15) is 23.4 Å². The topological polar surface area (TPSA) is 141 Å². The molecule has 0 fully saturated rings. The predicted molar refractivity (Wildman–Crippen MR) is 123 cm³/mol. The first-order valence-electron chi connectivity index (χ1n) is 10.1. The third-order valence-electron chi connectivity index (χ3n) is 4.75. The quantitative estimate of drug-likeness (QED) is 0.487. The molecule has 0 aliphatic rings. The normalized spacial score (nSPS) is 14.0. The van der Waals surface area contributed by atoms with Crippen LogP contribution in [-0.2, 0) is 14.8 Å². The summed E-state index contributed by atoms with van der Waals surface area (Å²) in [7, 11) is -2.20. The minimum Gasteiger partial charge on any atom is -0.481 e. The number of hydrogen-bond acceptors (Lipinski definition) is 7. The zero-order valence-corrected chi connectivity index (χ0v) is 19.3. The largest absolute Gasteiger partial charge is 0.481 e. The summed E-state index contributed by atoms with van der Waals surface area (Å²) in [5.41, 5.74) is 2.41. The average molecular weight is 464 g/mol. The number of nitrogens with zero attached hydrogens (tertiary/aromatic N) is 3. The third kappa shape index (κ3) is 6.84. The van der Waals surface area contributed by atoms with Gasteiger partial charge in [0.05, 0.1) is 36.3 Å². The van der Waals surface area contributed by atoms with Gasteiger partial charge in [-0.3, -0.25) is 4.79 Å². The number of carboxylic acid groups (broad SMARTS) is 1. The van der Waals surface area contributed by atoms with E-state index in [4.69, 9.17) is 5.11 Å². The molecule has 2 rings (SSSR count). The lowest BCUT2D eigenvalue weighted by Crippen LogP contribution is -2.27. The maximum Gasteiger partial charge on any atom is 0.305 e. The van der Waals surface area contributed by atoms with E-state index in [0.717, 1.165) is 16.1 Å². The van der Waals surface area contributed by atoms with Crippen LogP contribution < -0.4 is 4.31 Å². The molecule has 0 spiro atoms. The number of hydrogen-bond donors (Lipinski definition) is 3. The van der Waals surface area contributed by atoms with Crippen molar-refractivity contribution in [1.82, 2.24) is 9.97 Å². The second-order valence-corrected chi connectivity index (χ2v) is 9.85. The number of carboxylic acids is 1. The minimum absolute atomic E-state index is 0.0321. The molecule has 1 aromatic carbocycles. The molecule has 0 unspecified atom stereocenters. The van der Waals surface area contributed by atoms with E-state index in [1.165, 1.54) is 13.1 Å². The second kappa shape index (κ2) is 10.7. The van der Waals surface area contributed by atoms with Crippen LogP contribution in [0.3, 0.4) is 0 Å². The monoisotopic (exact) mass is 463 g/mol. The Kier molecular flexibility index (Phi) is 8.48. The average Bonchev–Trinajstić information content (AvgIpc) is 2.70. The number of sulfonamides is 1. The molecule has 0 aliphatic heterocycles. The van der Waals surface area contributed by atoms with E-state index < -0.39 is 34.6 Å². The molecule has 1 aromatic heterocycles. The second-order valence-electron chi connectivity index (χ2n) is 7.84.